The molecule has 0 bridgehead atoms. The Morgan fingerprint density at radius 2 is 2.35 bits per heavy atom. The van der Waals surface area contributed by atoms with Crippen molar-refractivity contribution in [3.8, 4) is 5.88 Å². The minimum Gasteiger partial charge on any atom is -0.481 e. The lowest BCUT2D eigenvalue weighted by Gasteiger charge is -2.10. The van der Waals surface area contributed by atoms with Crippen LogP contribution >= 0.6 is 0 Å². The topological polar surface area (TPSA) is 85.4 Å². The lowest BCUT2D eigenvalue weighted by Crippen LogP contribution is -2.19. The van der Waals surface area contributed by atoms with Gasteiger partial charge in [0.15, 0.2) is 0 Å². The minimum atomic E-state index is -0.314. The summed E-state index contributed by atoms with van der Waals surface area (Å²) in [5.41, 5.74) is 2.80. The Hall–Kier alpha value is -2.41. The lowest BCUT2D eigenvalue weighted by molar-refractivity contribution is 0.134. The van der Waals surface area contributed by atoms with E-state index in [1.165, 1.54) is 0 Å². The van der Waals surface area contributed by atoms with Crippen molar-refractivity contribution in [3.05, 3.63) is 30.0 Å². The quantitative estimate of drug-likeness (QED) is 0.755. The third kappa shape index (κ3) is 3.87. The molecule has 1 fully saturated rings. The second kappa shape index (κ2) is 7.23. The van der Waals surface area contributed by atoms with Gasteiger partial charge >= 0.3 is 6.09 Å². The molecule has 23 heavy (non-hydrogen) atoms. The number of fused-ring (bicyclic) bond motifs is 1. The maximum atomic E-state index is 10.9. The number of hydrogen-bond donors (Lipinski definition) is 2. The highest BCUT2D eigenvalue weighted by molar-refractivity contribution is 5.78. The highest BCUT2D eigenvalue weighted by Crippen LogP contribution is 2.18. The molecule has 0 aromatic carbocycles. The molecule has 0 aliphatic carbocycles. The van der Waals surface area contributed by atoms with E-state index in [9.17, 15) is 4.79 Å². The molecular weight excluding hydrogens is 296 g/mol. The number of aromatic nitrogens is 2. The molecule has 1 atom stereocenters. The zero-order valence-electron chi connectivity index (χ0n) is 13.0. The number of nitrogens with zero attached hydrogens (tertiary/aromatic N) is 2. The van der Waals surface area contributed by atoms with Gasteiger partial charge in [0.05, 0.1) is 24.7 Å². The van der Waals surface area contributed by atoms with E-state index in [-0.39, 0.29) is 12.2 Å². The second-order valence-corrected chi connectivity index (χ2v) is 5.42. The van der Waals surface area contributed by atoms with Crippen LogP contribution < -0.4 is 15.4 Å². The highest BCUT2D eigenvalue weighted by Gasteiger charge is 2.21. The van der Waals surface area contributed by atoms with Gasteiger partial charge in [-0.2, -0.15) is 0 Å². The van der Waals surface area contributed by atoms with Crippen molar-refractivity contribution in [3.63, 3.8) is 0 Å². The van der Waals surface area contributed by atoms with Crippen LogP contribution in [0.3, 0.4) is 0 Å². The molecule has 3 rings (SSSR count). The van der Waals surface area contributed by atoms with Crippen LogP contribution in [0.2, 0.25) is 0 Å². The molecule has 0 radical (unpaired) electrons. The number of hydrogen-bond acceptors (Lipinski definition) is 6. The van der Waals surface area contributed by atoms with Crippen LogP contribution in [0.1, 0.15) is 18.4 Å². The van der Waals surface area contributed by atoms with E-state index >= 15 is 0 Å². The average molecular weight is 316 g/mol. The number of carbonyl (C=O) groups excluding carboxylic acids is 1. The first-order valence-electron chi connectivity index (χ1n) is 7.70. The standard InChI is InChI=1S/C16H20N4O3/c1-22-14-5-4-13-15(20-14)11(6-8-18-13)9-17-7-2-3-12-10-19-16(21)23-12/h4-6,8,12,17H,2-3,7,9-10H2,1H3,(H,19,21). The van der Waals surface area contributed by atoms with E-state index in [1.54, 1.807) is 13.3 Å². The molecule has 0 spiro atoms. The van der Waals surface area contributed by atoms with Crippen molar-refractivity contribution in [1.29, 1.82) is 0 Å². The van der Waals surface area contributed by atoms with Crippen molar-refractivity contribution in [2.75, 3.05) is 20.2 Å². The molecule has 2 aromatic rings. The third-order valence-electron chi connectivity index (χ3n) is 3.79. The molecule has 2 N–H and O–H groups in total. The van der Waals surface area contributed by atoms with Crippen LogP contribution in [0.25, 0.3) is 11.0 Å². The number of methoxy groups -OCH3 is 1. The Morgan fingerprint density at radius 1 is 1.43 bits per heavy atom. The maximum Gasteiger partial charge on any atom is 0.407 e. The molecule has 1 unspecified atom stereocenters. The number of rotatable bonds is 7. The summed E-state index contributed by atoms with van der Waals surface area (Å²) in [5.74, 6) is 0.585. The van der Waals surface area contributed by atoms with Crippen LogP contribution in [-0.2, 0) is 11.3 Å². The van der Waals surface area contributed by atoms with E-state index in [1.807, 2.05) is 18.2 Å². The molecule has 1 amide bonds. The summed E-state index contributed by atoms with van der Waals surface area (Å²) in [7, 11) is 1.60. The van der Waals surface area contributed by atoms with Crippen molar-refractivity contribution in [2.45, 2.75) is 25.5 Å². The van der Waals surface area contributed by atoms with Gasteiger partial charge in [0.25, 0.3) is 0 Å². The van der Waals surface area contributed by atoms with Crippen molar-refractivity contribution in [2.24, 2.45) is 0 Å². The summed E-state index contributed by atoms with van der Waals surface area (Å²) >= 11 is 0. The number of alkyl carbamates (subject to hydrolysis) is 1. The molecule has 7 heteroatoms. The summed E-state index contributed by atoms with van der Waals surface area (Å²) in [5, 5.41) is 6.06. The largest absolute Gasteiger partial charge is 0.481 e. The van der Waals surface area contributed by atoms with Gasteiger partial charge < -0.3 is 20.1 Å². The summed E-state index contributed by atoms with van der Waals surface area (Å²) in [4.78, 5) is 19.7. The van der Waals surface area contributed by atoms with Crippen LogP contribution in [0.5, 0.6) is 5.88 Å². The molecule has 1 aliphatic rings. The van der Waals surface area contributed by atoms with Gasteiger partial charge in [0.2, 0.25) is 5.88 Å². The first-order chi connectivity index (χ1) is 11.3. The van der Waals surface area contributed by atoms with E-state index in [0.717, 1.165) is 36.0 Å². The zero-order chi connectivity index (χ0) is 16.1. The Morgan fingerprint density at radius 3 is 3.13 bits per heavy atom. The highest BCUT2D eigenvalue weighted by atomic mass is 16.6. The van der Waals surface area contributed by atoms with Gasteiger partial charge in [-0.05, 0) is 37.1 Å². The van der Waals surface area contributed by atoms with Crippen molar-refractivity contribution < 1.29 is 14.3 Å². The van der Waals surface area contributed by atoms with Crippen molar-refractivity contribution in [1.82, 2.24) is 20.6 Å². The van der Waals surface area contributed by atoms with Gasteiger partial charge in [-0.1, -0.05) is 0 Å². The molecule has 7 nitrogen and oxygen atoms in total. The SMILES string of the molecule is COc1ccc2nccc(CNCCCC3CNC(=O)O3)c2n1. The van der Waals surface area contributed by atoms with E-state index in [4.69, 9.17) is 9.47 Å². The Balaban J connectivity index is 1.51. The van der Waals surface area contributed by atoms with Gasteiger partial charge in [-0.25, -0.2) is 9.78 Å². The second-order valence-electron chi connectivity index (χ2n) is 5.42. The van der Waals surface area contributed by atoms with Gasteiger partial charge in [-0.15, -0.1) is 0 Å². The fraction of sp³-hybridized carbons (Fsp3) is 0.438. The van der Waals surface area contributed by atoms with Gasteiger partial charge in [0.1, 0.15) is 6.10 Å². The average Bonchev–Trinajstić information content (AvgIpc) is 2.99. The molecule has 1 aliphatic heterocycles. The Bertz CT molecular complexity index is 692. The molecule has 0 saturated carbocycles. The minimum absolute atomic E-state index is 0.00279. The van der Waals surface area contributed by atoms with Gasteiger partial charge in [0, 0.05) is 18.8 Å². The number of ether oxygens (including phenoxy) is 2. The molecular formula is C16H20N4O3. The van der Waals surface area contributed by atoms with Crippen molar-refractivity contribution >= 4 is 17.1 Å². The smallest absolute Gasteiger partial charge is 0.407 e. The summed E-state index contributed by atoms with van der Waals surface area (Å²) in [6.07, 6.45) is 3.27. The first-order valence-corrected chi connectivity index (χ1v) is 7.70. The summed E-state index contributed by atoms with van der Waals surface area (Å²) in [6.45, 7) is 2.17. The van der Waals surface area contributed by atoms with E-state index in [2.05, 4.69) is 20.6 Å². The summed E-state index contributed by atoms with van der Waals surface area (Å²) < 4.78 is 10.3. The van der Waals surface area contributed by atoms with E-state index < -0.39 is 0 Å². The first kappa shape index (κ1) is 15.5. The Kier molecular flexibility index (Phi) is 4.87. The number of pyridine rings is 2. The number of cyclic esters (lactones) is 1. The zero-order valence-corrected chi connectivity index (χ0v) is 13.0. The monoisotopic (exact) mass is 316 g/mol. The number of nitrogens with one attached hydrogen (secondary N) is 2. The fourth-order valence-corrected chi connectivity index (χ4v) is 2.59. The Labute approximate surface area is 134 Å². The fourth-order valence-electron chi connectivity index (χ4n) is 2.59. The van der Waals surface area contributed by atoms with Gasteiger partial charge in [-0.3, -0.25) is 4.98 Å². The van der Waals surface area contributed by atoms with Crippen LogP contribution in [0, 0.1) is 0 Å². The molecule has 2 aromatic heterocycles. The predicted molar refractivity (Wildman–Crippen MR) is 85.3 cm³/mol. The third-order valence-corrected chi connectivity index (χ3v) is 3.79. The lowest BCUT2D eigenvalue weighted by atomic mass is 10.2. The van der Waals surface area contributed by atoms with E-state index in [0.29, 0.717) is 19.0 Å². The number of amides is 1. The van der Waals surface area contributed by atoms with Crippen LogP contribution in [0.4, 0.5) is 4.79 Å². The molecule has 122 valence electrons. The summed E-state index contributed by atoms with van der Waals surface area (Å²) in [6, 6.07) is 5.68. The maximum absolute atomic E-state index is 10.9. The van der Waals surface area contributed by atoms with Crippen LogP contribution in [-0.4, -0.2) is 42.4 Å². The molecule has 1 saturated heterocycles. The number of carbonyl (C=O) groups is 1. The predicted octanol–water partition coefficient (Wildman–Crippen LogP) is 1.62. The van der Waals surface area contributed by atoms with Crippen LogP contribution in [0.15, 0.2) is 24.4 Å². The normalized spacial score (nSPS) is 17.1. The molecule has 3 heterocycles.